The Morgan fingerprint density at radius 3 is 2.90 bits per heavy atom. The molecule has 8 rings (SSSR count). The van der Waals surface area contributed by atoms with Gasteiger partial charge >= 0.3 is 0 Å². The van der Waals surface area contributed by atoms with Gasteiger partial charge in [0.25, 0.3) is 5.92 Å². The van der Waals surface area contributed by atoms with E-state index in [0.717, 1.165) is 62.9 Å². The molecule has 0 spiro atoms. The fourth-order valence-corrected chi connectivity index (χ4v) is 6.59. The van der Waals surface area contributed by atoms with Crippen molar-refractivity contribution in [1.29, 1.82) is 0 Å². The number of H-pyrrole nitrogens is 1. The molecule has 4 aromatic rings. The molecule has 1 aliphatic carbocycles. The van der Waals surface area contributed by atoms with Crippen molar-refractivity contribution in [2.75, 3.05) is 19.6 Å². The summed E-state index contributed by atoms with van der Waals surface area (Å²) in [6.45, 7) is 1.28. The van der Waals surface area contributed by atoms with Crippen LogP contribution in [-0.4, -0.2) is 56.1 Å². The van der Waals surface area contributed by atoms with Gasteiger partial charge in [0.05, 0.1) is 23.6 Å². The molecule has 7 nitrogen and oxygen atoms in total. The zero-order chi connectivity index (χ0) is 26.8. The van der Waals surface area contributed by atoms with Crippen molar-refractivity contribution in [3.8, 4) is 11.1 Å². The number of likely N-dealkylation sites (tertiary alicyclic amines) is 1. The fourth-order valence-electron chi connectivity index (χ4n) is 5.84. The molecule has 2 N–H and O–H groups in total. The second-order valence-electron chi connectivity index (χ2n) is 10.7. The molecule has 0 aromatic carbocycles. The van der Waals surface area contributed by atoms with Crippen molar-refractivity contribution in [1.82, 2.24) is 30.2 Å². The third-order valence-corrected chi connectivity index (χ3v) is 8.78. The first-order valence-corrected chi connectivity index (χ1v) is 14.3. The Labute approximate surface area is 233 Å². The number of hydrogen-bond donors (Lipinski definition) is 2. The second kappa shape index (κ2) is 9.00. The van der Waals surface area contributed by atoms with Gasteiger partial charge in [-0.2, -0.15) is 0 Å². The Hall–Kier alpha value is -4.02. The van der Waals surface area contributed by atoms with Gasteiger partial charge in [-0.1, -0.05) is 6.07 Å². The van der Waals surface area contributed by atoms with Crippen LogP contribution in [0.1, 0.15) is 51.4 Å². The van der Waals surface area contributed by atoms with Gasteiger partial charge in [-0.05, 0) is 41.3 Å². The molecule has 200 valence electrons. The summed E-state index contributed by atoms with van der Waals surface area (Å²) in [7, 11) is 0. The summed E-state index contributed by atoms with van der Waals surface area (Å²) in [6.07, 6.45) is 10.4. The minimum absolute atomic E-state index is 0.0911. The number of nitrogens with one attached hydrogen (secondary N) is 2. The topological polar surface area (TPSA) is 92.0 Å². The number of aliphatic imine (C=N–C) groups is 1. The average molecular weight is 554 g/mol. The number of nitrogens with zero attached hydrogens (tertiary/aromatic N) is 5. The standard InChI is InChI=1S/C30H25F2N7S/c31-30(32)6-8-39(16-30)15-17-10-18(13-33-12-17)19-11-21-22(35-14-19)5-7-34-26(21)29-37-25-20(24-2-1-9-40-24)3-4-23-27(36-23)28(25)38-29/h1-4,9-14,27,36H,5-8,15-16H2,(H,37,38). The van der Waals surface area contributed by atoms with Gasteiger partial charge in [0, 0.05) is 83.9 Å². The number of thiophene rings is 1. The first-order valence-electron chi connectivity index (χ1n) is 13.4. The van der Waals surface area contributed by atoms with Crippen LogP contribution in [0.3, 0.4) is 0 Å². The lowest BCUT2D eigenvalue weighted by Gasteiger charge is -2.17. The van der Waals surface area contributed by atoms with E-state index in [2.05, 4.69) is 51.0 Å². The van der Waals surface area contributed by atoms with Gasteiger partial charge in [0.2, 0.25) is 0 Å². The van der Waals surface area contributed by atoms with E-state index in [-0.39, 0.29) is 19.0 Å². The van der Waals surface area contributed by atoms with Gasteiger partial charge in [-0.25, -0.2) is 13.8 Å². The lowest BCUT2D eigenvalue weighted by molar-refractivity contribution is 0.0115. The Morgan fingerprint density at radius 1 is 1.12 bits per heavy atom. The zero-order valence-corrected chi connectivity index (χ0v) is 22.3. The summed E-state index contributed by atoms with van der Waals surface area (Å²) >= 11 is 1.70. The Bertz CT molecular complexity index is 1730. The van der Waals surface area contributed by atoms with Crippen molar-refractivity contribution in [3.63, 3.8) is 0 Å². The van der Waals surface area contributed by atoms with E-state index in [1.165, 1.54) is 10.6 Å². The van der Waals surface area contributed by atoms with Crippen molar-refractivity contribution in [2.24, 2.45) is 4.99 Å². The summed E-state index contributed by atoms with van der Waals surface area (Å²) in [5.41, 5.74) is 9.77. The van der Waals surface area contributed by atoms with Crippen molar-refractivity contribution < 1.29 is 8.78 Å². The Balaban J connectivity index is 1.13. The molecule has 0 amide bonds. The number of pyridine rings is 2. The van der Waals surface area contributed by atoms with E-state index >= 15 is 0 Å². The van der Waals surface area contributed by atoms with Crippen LogP contribution in [0.25, 0.3) is 16.7 Å². The zero-order valence-electron chi connectivity index (χ0n) is 21.5. The van der Waals surface area contributed by atoms with Crippen LogP contribution in [0.4, 0.5) is 8.78 Å². The maximum absolute atomic E-state index is 13.7. The molecule has 10 heteroatoms. The first kappa shape index (κ1) is 23.8. The molecule has 0 saturated carbocycles. The highest BCUT2D eigenvalue weighted by molar-refractivity contribution is 7.11. The van der Waals surface area contributed by atoms with Gasteiger partial charge in [-0.3, -0.25) is 19.9 Å². The van der Waals surface area contributed by atoms with E-state index in [1.54, 1.807) is 28.6 Å². The predicted molar refractivity (Wildman–Crippen MR) is 150 cm³/mol. The Kier molecular flexibility index (Phi) is 5.36. The monoisotopic (exact) mass is 553 g/mol. The number of aromatic nitrogens is 4. The Morgan fingerprint density at radius 2 is 2.05 bits per heavy atom. The maximum atomic E-state index is 13.7. The van der Waals surface area contributed by atoms with E-state index in [9.17, 15) is 8.78 Å². The van der Waals surface area contributed by atoms with E-state index in [0.29, 0.717) is 19.6 Å². The number of aromatic amines is 1. The van der Waals surface area contributed by atoms with Gasteiger partial charge < -0.3 is 10.3 Å². The highest BCUT2D eigenvalue weighted by atomic mass is 32.1. The summed E-state index contributed by atoms with van der Waals surface area (Å²) in [5.74, 6) is -1.87. The summed E-state index contributed by atoms with van der Waals surface area (Å²) in [6, 6.07) is 8.45. The molecule has 40 heavy (non-hydrogen) atoms. The SMILES string of the molecule is FC1(F)CCN(Cc2cncc(-c3cnc4c(c3)C(c3nc5c([nH]3)C3NC3=CC=C5c3cccs3)=NCC4)c2)C1. The highest BCUT2D eigenvalue weighted by Gasteiger charge is 2.39. The molecule has 4 aliphatic rings. The molecular weight excluding hydrogens is 528 g/mol. The number of rotatable bonds is 5. The predicted octanol–water partition coefficient (Wildman–Crippen LogP) is 5.14. The van der Waals surface area contributed by atoms with Crippen LogP contribution in [0.15, 0.2) is 71.1 Å². The quantitative estimate of drug-likeness (QED) is 0.334. The van der Waals surface area contributed by atoms with Crippen LogP contribution >= 0.6 is 11.3 Å². The van der Waals surface area contributed by atoms with Crippen molar-refractivity contribution in [3.05, 3.63) is 105 Å². The van der Waals surface area contributed by atoms with Crippen LogP contribution in [-0.2, 0) is 13.0 Å². The molecule has 0 radical (unpaired) electrons. The van der Waals surface area contributed by atoms with Gasteiger partial charge in [-0.15, -0.1) is 11.3 Å². The van der Waals surface area contributed by atoms with Crippen molar-refractivity contribution >= 4 is 22.6 Å². The van der Waals surface area contributed by atoms with E-state index in [4.69, 9.17) is 15.0 Å². The number of hydrogen-bond acceptors (Lipinski definition) is 7. The van der Waals surface area contributed by atoms with Gasteiger partial charge in [0.1, 0.15) is 11.8 Å². The molecule has 0 bridgehead atoms. The fraction of sp³-hybridized carbons (Fsp3) is 0.267. The smallest absolute Gasteiger partial charge is 0.261 e. The normalized spacial score (nSPS) is 20.9. The minimum Gasteiger partial charge on any atom is -0.373 e. The molecule has 3 aliphatic heterocycles. The minimum atomic E-state index is -2.61. The molecule has 1 unspecified atom stereocenters. The van der Waals surface area contributed by atoms with Crippen molar-refractivity contribution in [2.45, 2.75) is 31.4 Å². The second-order valence-corrected chi connectivity index (χ2v) is 11.6. The lowest BCUT2D eigenvalue weighted by Crippen LogP contribution is -2.24. The van der Waals surface area contributed by atoms with Crippen LogP contribution in [0.2, 0.25) is 0 Å². The van der Waals surface area contributed by atoms with Crippen LogP contribution in [0, 0.1) is 0 Å². The highest BCUT2D eigenvalue weighted by Crippen LogP contribution is 2.42. The summed E-state index contributed by atoms with van der Waals surface area (Å²) < 4.78 is 27.4. The third kappa shape index (κ3) is 4.18. The van der Waals surface area contributed by atoms with Crippen LogP contribution in [0.5, 0.6) is 0 Å². The lowest BCUT2D eigenvalue weighted by atomic mass is 9.98. The maximum Gasteiger partial charge on any atom is 0.261 e. The molecule has 7 heterocycles. The van der Waals surface area contributed by atoms with Gasteiger partial charge in [0.15, 0.2) is 5.82 Å². The summed E-state index contributed by atoms with van der Waals surface area (Å²) in [4.78, 5) is 25.8. The largest absolute Gasteiger partial charge is 0.373 e. The molecule has 2 fully saturated rings. The molecule has 4 aromatic heterocycles. The van der Waals surface area contributed by atoms with Crippen LogP contribution < -0.4 is 5.32 Å². The number of allylic oxidation sites excluding steroid dienone is 2. The molecule has 1 atom stereocenters. The van der Waals surface area contributed by atoms with E-state index < -0.39 is 5.92 Å². The molecule has 2 saturated heterocycles. The summed E-state index contributed by atoms with van der Waals surface area (Å²) in [5, 5.41) is 5.52. The van der Waals surface area contributed by atoms with E-state index in [1.807, 2.05) is 12.3 Å². The first-order chi connectivity index (χ1) is 19.5. The molecular formula is C30H25F2N7S. The third-order valence-electron chi connectivity index (χ3n) is 7.88. The number of imidazole rings is 1. The number of fused-ring (bicyclic) bond motifs is 4. The number of halogens is 2. The average Bonchev–Trinajstić information content (AvgIpc) is 3.25. The number of alkyl halides is 2.